The van der Waals surface area contributed by atoms with Crippen LogP contribution in [0.1, 0.15) is 41.9 Å². The molecule has 0 aliphatic carbocycles. The zero-order valence-electron chi connectivity index (χ0n) is 11.8. The van der Waals surface area contributed by atoms with Crippen LogP contribution in [0.25, 0.3) is 0 Å². The van der Waals surface area contributed by atoms with Crippen LogP contribution in [0.3, 0.4) is 0 Å². The van der Waals surface area contributed by atoms with Crippen LogP contribution in [0, 0.1) is 6.92 Å². The van der Waals surface area contributed by atoms with Gasteiger partial charge in [0.25, 0.3) is 5.91 Å². The molecule has 1 aliphatic heterocycles. The van der Waals surface area contributed by atoms with Crippen molar-refractivity contribution in [1.29, 1.82) is 0 Å². The number of hydrogen-bond acceptors (Lipinski definition) is 2. The second-order valence-corrected chi connectivity index (χ2v) is 5.19. The van der Waals surface area contributed by atoms with Gasteiger partial charge in [0, 0.05) is 32.8 Å². The normalized spacial score (nSPS) is 17.8. The third-order valence-corrected chi connectivity index (χ3v) is 3.50. The molecular weight excluding hydrogens is 242 g/mol. The first-order valence-electron chi connectivity index (χ1n) is 6.73. The van der Waals surface area contributed by atoms with Gasteiger partial charge in [-0.25, -0.2) is 0 Å². The Morgan fingerprint density at radius 3 is 3.00 bits per heavy atom. The number of nitrogens with zero attached hydrogens (tertiary/aromatic N) is 2. The Balaban J connectivity index is 2.12. The number of aromatic nitrogens is 1. The van der Waals surface area contributed by atoms with Crippen LogP contribution < -0.4 is 5.32 Å². The fourth-order valence-electron chi connectivity index (χ4n) is 2.49. The third kappa shape index (κ3) is 2.80. The van der Waals surface area contributed by atoms with Gasteiger partial charge in [0.05, 0.1) is 6.04 Å². The van der Waals surface area contributed by atoms with Crippen molar-refractivity contribution in [3.05, 3.63) is 23.5 Å². The first-order chi connectivity index (χ1) is 9.02. The fourth-order valence-corrected chi connectivity index (χ4v) is 2.49. The van der Waals surface area contributed by atoms with Crippen LogP contribution in [0.5, 0.6) is 0 Å². The molecular formula is C14H21N3O2. The lowest BCUT2D eigenvalue weighted by molar-refractivity contribution is -0.130. The van der Waals surface area contributed by atoms with Crippen molar-refractivity contribution in [1.82, 2.24) is 14.8 Å². The Morgan fingerprint density at radius 1 is 1.58 bits per heavy atom. The van der Waals surface area contributed by atoms with Gasteiger partial charge >= 0.3 is 0 Å². The number of hydrogen-bond donors (Lipinski definition) is 1. The second-order valence-electron chi connectivity index (χ2n) is 5.19. The molecule has 0 saturated carbocycles. The molecule has 2 rings (SSSR count). The molecule has 2 amide bonds. The van der Waals surface area contributed by atoms with E-state index in [2.05, 4.69) is 12.2 Å². The van der Waals surface area contributed by atoms with E-state index in [1.54, 1.807) is 4.90 Å². The summed E-state index contributed by atoms with van der Waals surface area (Å²) in [7, 11) is 1.83. The molecule has 0 fully saturated rings. The Hall–Kier alpha value is -1.78. The van der Waals surface area contributed by atoms with Gasteiger partial charge < -0.3 is 14.8 Å². The van der Waals surface area contributed by atoms with E-state index in [4.69, 9.17) is 0 Å². The minimum Gasteiger partial charge on any atom is -0.349 e. The highest BCUT2D eigenvalue weighted by molar-refractivity contribution is 5.94. The maximum atomic E-state index is 12.1. The van der Waals surface area contributed by atoms with E-state index >= 15 is 0 Å². The number of aryl methyl sites for hydroxylation is 1. The Bertz CT molecular complexity index is 493. The molecule has 0 spiro atoms. The summed E-state index contributed by atoms with van der Waals surface area (Å²) >= 11 is 0. The van der Waals surface area contributed by atoms with E-state index in [0.717, 1.165) is 18.5 Å². The van der Waals surface area contributed by atoms with Gasteiger partial charge in [0.2, 0.25) is 5.91 Å². The molecule has 0 aromatic carbocycles. The predicted octanol–water partition coefficient (Wildman–Crippen LogP) is 1.34. The number of rotatable bonds is 4. The first kappa shape index (κ1) is 13.6. The molecule has 1 N–H and O–H groups in total. The first-order valence-corrected chi connectivity index (χ1v) is 6.73. The lowest BCUT2D eigenvalue weighted by Crippen LogP contribution is -2.41. The second kappa shape index (κ2) is 5.47. The molecule has 19 heavy (non-hydrogen) atoms. The van der Waals surface area contributed by atoms with Crippen LogP contribution in [0.2, 0.25) is 0 Å². The summed E-state index contributed by atoms with van der Waals surface area (Å²) in [6, 6.07) is 1.88. The number of amides is 2. The van der Waals surface area contributed by atoms with Gasteiger partial charge in [0.1, 0.15) is 5.69 Å². The number of nitrogens with one attached hydrogen (secondary N) is 1. The summed E-state index contributed by atoms with van der Waals surface area (Å²) in [4.78, 5) is 25.6. The van der Waals surface area contributed by atoms with Crippen LogP contribution in [0.4, 0.5) is 0 Å². The van der Waals surface area contributed by atoms with E-state index in [0.29, 0.717) is 18.7 Å². The zero-order chi connectivity index (χ0) is 14.0. The number of fused-ring (bicyclic) bond motifs is 1. The molecule has 104 valence electrons. The standard InChI is InChI=1S/C14H21N3O2/c1-4-5-16(3)13(18)7-11-8-15-14(19)12-6-10(2)9-17(11)12/h6,9,11H,4-5,7-8H2,1-3H3,(H,15,19). The van der Waals surface area contributed by atoms with Gasteiger partial charge in [-0.15, -0.1) is 0 Å². The lowest BCUT2D eigenvalue weighted by Gasteiger charge is -2.27. The minimum atomic E-state index is -0.0567. The Labute approximate surface area is 113 Å². The summed E-state index contributed by atoms with van der Waals surface area (Å²) in [6.45, 7) is 5.31. The van der Waals surface area contributed by atoms with Crippen molar-refractivity contribution in [2.75, 3.05) is 20.1 Å². The molecule has 0 saturated heterocycles. The average Bonchev–Trinajstić information content (AvgIpc) is 2.76. The van der Waals surface area contributed by atoms with Crippen molar-refractivity contribution in [2.24, 2.45) is 0 Å². The molecule has 2 heterocycles. The van der Waals surface area contributed by atoms with Crippen LogP contribution in [0.15, 0.2) is 12.3 Å². The van der Waals surface area contributed by atoms with E-state index in [-0.39, 0.29) is 17.9 Å². The maximum absolute atomic E-state index is 12.1. The molecule has 0 bridgehead atoms. The van der Waals surface area contributed by atoms with E-state index in [9.17, 15) is 9.59 Å². The summed E-state index contributed by atoms with van der Waals surface area (Å²) in [5.41, 5.74) is 1.70. The summed E-state index contributed by atoms with van der Waals surface area (Å²) in [5.74, 6) is 0.0685. The van der Waals surface area contributed by atoms with Crippen molar-refractivity contribution in [2.45, 2.75) is 32.7 Å². The quantitative estimate of drug-likeness (QED) is 0.891. The third-order valence-electron chi connectivity index (χ3n) is 3.50. The van der Waals surface area contributed by atoms with Crippen molar-refractivity contribution < 1.29 is 9.59 Å². The topological polar surface area (TPSA) is 54.3 Å². The molecule has 1 atom stereocenters. The molecule has 1 aromatic rings. The molecule has 1 aliphatic rings. The van der Waals surface area contributed by atoms with Gasteiger partial charge in [-0.3, -0.25) is 9.59 Å². The molecule has 1 aromatic heterocycles. The number of carbonyl (C=O) groups excluding carboxylic acids is 2. The highest BCUT2D eigenvalue weighted by Gasteiger charge is 2.27. The van der Waals surface area contributed by atoms with Crippen LogP contribution >= 0.6 is 0 Å². The van der Waals surface area contributed by atoms with Crippen LogP contribution in [-0.2, 0) is 4.79 Å². The Kier molecular flexibility index (Phi) is 3.93. The minimum absolute atomic E-state index is 0.0215. The van der Waals surface area contributed by atoms with E-state index in [1.807, 2.05) is 30.8 Å². The van der Waals surface area contributed by atoms with Crippen molar-refractivity contribution >= 4 is 11.8 Å². The van der Waals surface area contributed by atoms with Crippen molar-refractivity contribution in [3.63, 3.8) is 0 Å². The van der Waals surface area contributed by atoms with Crippen LogP contribution in [-0.4, -0.2) is 41.4 Å². The van der Waals surface area contributed by atoms with Gasteiger partial charge in [-0.1, -0.05) is 6.92 Å². The predicted molar refractivity (Wildman–Crippen MR) is 73.1 cm³/mol. The summed E-state index contributed by atoms with van der Waals surface area (Å²) in [6.07, 6.45) is 3.33. The smallest absolute Gasteiger partial charge is 0.267 e. The van der Waals surface area contributed by atoms with E-state index in [1.165, 1.54) is 0 Å². The number of carbonyl (C=O) groups is 2. The SMILES string of the molecule is CCCN(C)C(=O)CC1CNC(=O)c2cc(C)cn21. The lowest BCUT2D eigenvalue weighted by atomic mass is 10.1. The van der Waals surface area contributed by atoms with E-state index < -0.39 is 0 Å². The molecule has 5 heteroatoms. The average molecular weight is 263 g/mol. The fraction of sp³-hybridized carbons (Fsp3) is 0.571. The monoisotopic (exact) mass is 263 g/mol. The Morgan fingerprint density at radius 2 is 2.32 bits per heavy atom. The van der Waals surface area contributed by atoms with Gasteiger partial charge in [-0.2, -0.15) is 0 Å². The zero-order valence-corrected chi connectivity index (χ0v) is 11.8. The summed E-state index contributed by atoms with van der Waals surface area (Å²) < 4.78 is 1.94. The largest absolute Gasteiger partial charge is 0.349 e. The van der Waals surface area contributed by atoms with Gasteiger partial charge in [-0.05, 0) is 25.0 Å². The van der Waals surface area contributed by atoms with Crippen molar-refractivity contribution in [3.8, 4) is 0 Å². The molecule has 5 nitrogen and oxygen atoms in total. The summed E-state index contributed by atoms with van der Waals surface area (Å²) in [5, 5.41) is 2.85. The molecule has 0 radical (unpaired) electrons. The van der Waals surface area contributed by atoms with Gasteiger partial charge in [0.15, 0.2) is 0 Å². The maximum Gasteiger partial charge on any atom is 0.267 e. The highest BCUT2D eigenvalue weighted by atomic mass is 16.2. The molecule has 1 unspecified atom stereocenters. The highest BCUT2D eigenvalue weighted by Crippen LogP contribution is 2.22.